The summed E-state index contributed by atoms with van der Waals surface area (Å²) in [5, 5.41) is 4.09. The van der Waals surface area contributed by atoms with Crippen LogP contribution >= 0.6 is 0 Å². The molecule has 102 valence electrons. The summed E-state index contributed by atoms with van der Waals surface area (Å²) in [5.74, 6) is -0.165. The van der Waals surface area contributed by atoms with Crippen LogP contribution in [-0.2, 0) is 23.2 Å². The Kier molecular flexibility index (Phi) is 4.22. The summed E-state index contributed by atoms with van der Waals surface area (Å²) >= 11 is 0. The first-order valence-corrected chi connectivity index (χ1v) is 6.48. The Balaban J connectivity index is 2.17. The largest absolute Gasteiger partial charge is 0.461 e. The van der Waals surface area contributed by atoms with Gasteiger partial charge in [-0.05, 0) is 20.0 Å². The number of carbonyl (C=O) groups is 1. The van der Waals surface area contributed by atoms with Crippen molar-refractivity contribution in [3.63, 3.8) is 0 Å². The molecule has 0 fully saturated rings. The topological polar surface area (TPSA) is 43.3 Å². The minimum atomic E-state index is -0.165. The fourth-order valence-corrected chi connectivity index (χ4v) is 2.23. The van der Waals surface area contributed by atoms with Crippen LogP contribution in [0.15, 0.2) is 24.3 Å². The molecule has 0 bridgehead atoms. The number of rotatable bonds is 5. The van der Waals surface area contributed by atoms with E-state index in [-0.39, 0.29) is 5.97 Å². The molecule has 1 heterocycles. The maximum Gasteiger partial charge on any atom is 0.307 e. The van der Waals surface area contributed by atoms with Crippen LogP contribution < -0.4 is 5.32 Å². The van der Waals surface area contributed by atoms with Crippen LogP contribution in [0, 0.1) is 6.92 Å². The van der Waals surface area contributed by atoms with Crippen molar-refractivity contribution in [2.75, 3.05) is 13.6 Å². The van der Waals surface area contributed by atoms with Crippen LogP contribution in [0.2, 0.25) is 0 Å². The summed E-state index contributed by atoms with van der Waals surface area (Å²) in [5.41, 5.74) is 3.40. The van der Waals surface area contributed by atoms with Crippen LogP contribution in [-0.4, -0.2) is 24.1 Å². The van der Waals surface area contributed by atoms with Gasteiger partial charge in [0.15, 0.2) is 0 Å². The fourth-order valence-electron chi connectivity index (χ4n) is 2.23. The third kappa shape index (κ3) is 2.79. The number of esters is 1. The van der Waals surface area contributed by atoms with Gasteiger partial charge in [-0.25, -0.2) is 0 Å². The van der Waals surface area contributed by atoms with Gasteiger partial charge in [-0.3, -0.25) is 4.79 Å². The van der Waals surface area contributed by atoms with E-state index in [1.165, 1.54) is 5.52 Å². The van der Waals surface area contributed by atoms with E-state index < -0.39 is 0 Å². The number of aromatic nitrogens is 1. The third-order valence-corrected chi connectivity index (χ3v) is 3.49. The minimum Gasteiger partial charge on any atom is -0.461 e. The number of aryl methyl sites for hydroxylation is 1. The van der Waals surface area contributed by atoms with Crippen molar-refractivity contribution in [1.82, 2.24) is 9.88 Å². The zero-order chi connectivity index (χ0) is 13.8. The quantitative estimate of drug-likeness (QED) is 0.838. The molecule has 0 unspecified atom stereocenters. The highest BCUT2D eigenvalue weighted by molar-refractivity contribution is 5.85. The summed E-state index contributed by atoms with van der Waals surface area (Å²) < 4.78 is 7.47. The Morgan fingerprint density at radius 1 is 1.37 bits per heavy atom. The molecule has 0 spiro atoms. The molecule has 2 aromatic rings. The number of fused-ring (bicyclic) bond motifs is 1. The lowest BCUT2D eigenvalue weighted by atomic mass is 10.1. The molecule has 1 N–H and O–H groups in total. The average molecular weight is 260 g/mol. The molecule has 4 heteroatoms. The van der Waals surface area contributed by atoms with Gasteiger partial charge in [0, 0.05) is 35.8 Å². The van der Waals surface area contributed by atoms with Crippen molar-refractivity contribution < 1.29 is 9.53 Å². The second-order valence-corrected chi connectivity index (χ2v) is 4.65. The lowest BCUT2D eigenvalue weighted by Crippen LogP contribution is -2.15. The molecule has 2 rings (SSSR count). The van der Waals surface area contributed by atoms with Gasteiger partial charge in [-0.15, -0.1) is 0 Å². The number of hydrogen-bond acceptors (Lipinski definition) is 3. The summed E-state index contributed by atoms with van der Waals surface area (Å²) in [6, 6.07) is 8.17. The highest BCUT2D eigenvalue weighted by Crippen LogP contribution is 2.25. The number of nitrogens with one attached hydrogen (secondary N) is 1. The monoisotopic (exact) mass is 260 g/mol. The number of nitrogens with zero attached hydrogens (tertiary/aromatic N) is 1. The smallest absolute Gasteiger partial charge is 0.307 e. The number of carbonyl (C=O) groups excluding carboxylic acids is 1. The molecule has 1 aromatic carbocycles. The highest BCUT2D eigenvalue weighted by atomic mass is 16.5. The molecule has 0 radical (unpaired) electrons. The average Bonchev–Trinajstić information content (AvgIpc) is 2.67. The highest BCUT2D eigenvalue weighted by Gasteiger charge is 2.13. The number of hydrogen-bond donors (Lipinski definition) is 1. The first kappa shape index (κ1) is 13.6. The van der Waals surface area contributed by atoms with Crippen LogP contribution in [0.5, 0.6) is 0 Å². The van der Waals surface area contributed by atoms with Crippen molar-refractivity contribution in [3.05, 3.63) is 35.5 Å². The van der Waals surface area contributed by atoms with E-state index in [4.69, 9.17) is 4.74 Å². The first-order chi connectivity index (χ1) is 9.15. The van der Waals surface area contributed by atoms with E-state index in [2.05, 4.69) is 28.9 Å². The van der Waals surface area contributed by atoms with E-state index in [1.807, 2.05) is 26.2 Å². The van der Waals surface area contributed by atoms with E-state index >= 15 is 0 Å². The number of benzene rings is 1. The van der Waals surface area contributed by atoms with Gasteiger partial charge >= 0.3 is 5.97 Å². The molecule has 1 aromatic heterocycles. The predicted octanol–water partition coefficient (Wildman–Crippen LogP) is 2.14. The van der Waals surface area contributed by atoms with Crippen LogP contribution in [0.25, 0.3) is 10.9 Å². The van der Waals surface area contributed by atoms with Gasteiger partial charge in [0.1, 0.15) is 6.61 Å². The van der Waals surface area contributed by atoms with Gasteiger partial charge in [0.25, 0.3) is 0 Å². The molecule has 0 aliphatic carbocycles. The normalized spacial score (nSPS) is 10.9. The van der Waals surface area contributed by atoms with Crippen molar-refractivity contribution >= 4 is 16.9 Å². The Morgan fingerprint density at radius 2 is 2.11 bits per heavy atom. The SMILES string of the molecule is CNCCC(=O)OCc1c(C)n(C)c2ccccc12. The molecular weight excluding hydrogens is 240 g/mol. The standard InChI is InChI=1S/C15H20N2O2/c1-11-13(10-19-15(18)8-9-16-2)12-6-4-5-7-14(12)17(11)3/h4-7,16H,8-10H2,1-3H3. The number of ether oxygens (including phenoxy) is 1. The van der Waals surface area contributed by atoms with Crippen molar-refractivity contribution in [2.24, 2.45) is 7.05 Å². The van der Waals surface area contributed by atoms with Gasteiger partial charge in [-0.1, -0.05) is 18.2 Å². The van der Waals surface area contributed by atoms with E-state index in [0.717, 1.165) is 16.6 Å². The van der Waals surface area contributed by atoms with Crippen LogP contribution in [0.1, 0.15) is 17.7 Å². The van der Waals surface area contributed by atoms with E-state index in [1.54, 1.807) is 0 Å². The summed E-state index contributed by atoms with van der Waals surface area (Å²) in [7, 11) is 3.85. The second kappa shape index (κ2) is 5.89. The Labute approximate surface area is 113 Å². The maximum absolute atomic E-state index is 11.6. The lowest BCUT2D eigenvalue weighted by Gasteiger charge is -2.05. The summed E-state index contributed by atoms with van der Waals surface area (Å²) in [6.07, 6.45) is 0.403. The van der Waals surface area contributed by atoms with Crippen LogP contribution in [0.4, 0.5) is 0 Å². The van der Waals surface area contributed by atoms with E-state index in [0.29, 0.717) is 19.6 Å². The molecular formula is C15H20N2O2. The Morgan fingerprint density at radius 3 is 2.84 bits per heavy atom. The zero-order valence-electron chi connectivity index (χ0n) is 11.7. The molecule has 4 nitrogen and oxygen atoms in total. The Hall–Kier alpha value is -1.81. The summed E-state index contributed by atoms with van der Waals surface area (Å²) in [4.78, 5) is 11.6. The number of para-hydroxylation sites is 1. The molecule has 0 amide bonds. The van der Waals surface area contributed by atoms with Crippen molar-refractivity contribution in [2.45, 2.75) is 20.0 Å². The molecule has 0 saturated carbocycles. The molecule has 0 atom stereocenters. The molecule has 19 heavy (non-hydrogen) atoms. The second-order valence-electron chi connectivity index (χ2n) is 4.65. The first-order valence-electron chi connectivity index (χ1n) is 6.48. The van der Waals surface area contributed by atoms with Crippen molar-refractivity contribution in [3.8, 4) is 0 Å². The fraction of sp³-hybridized carbons (Fsp3) is 0.400. The van der Waals surface area contributed by atoms with Crippen LogP contribution in [0.3, 0.4) is 0 Å². The van der Waals surface area contributed by atoms with Gasteiger partial charge in [0.05, 0.1) is 6.42 Å². The maximum atomic E-state index is 11.6. The molecule has 0 saturated heterocycles. The van der Waals surface area contributed by atoms with Gasteiger partial charge in [-0.2, -0.15) is 0 Å². The molecule has 0 aliphatic heterocycles. The Bertz CT molecular complexity index is 587. The minimum absolute atomic E-state index is 0.165. The zero-order valence-corrected chi connectivity index (χ0v) is 11.7. The molecule has 0 aliphatic rings. The van der Waals surface area contributed by atoms with Gasteiger partial charge < -0.3 is 14.6 Å². The third-order valence-electron chi connectivity index (χ3n) is 3.49. The predicted molar refractivity (Wildman–Crippen MR) is 76.0 cm³/mol. The van der Waals surface area contributed by atoms with E-state index in [9.17, 15) is 4.79 Å². The van der Waals surface area contributed by atoms with Gasteiger partial charge in [0.2, 0.25) is 0 Å². The van der Waals surface area contributed by atoms with Crippen molar-refractivity contribution in [1.29, 1.82) is 0 Å². The lowest BCUT2D eigenvalue weighted by molar-refractivity contribution is -0.144. The summed E-state index contributed by atoms with van der Waals surface area (Å²) in [6.45, 7) is 3.04.